The van der Waals surface area contributed by atoms with Gasteiger partial charge in [0, 0.05) is 50.0 Å². The molecule has 0 bridgehead atoms. The van der Waals surface area contributed by atoms with Gasteiger partial charge in [0.25, 0.3) is 0 Å². The van der Waals surface area contributed by atoms with Crippen molar-refractivity contribution in [1.82, 2.24) is 14.4 Å². The number of pyridine rings is 2. The fourth-order valence-corrected chi connectivity index (χ4v) is 5.44. The Balaban J connectivity index is 0.000000178. The van der Waals surface area contributed by atoms with Crippen molar-refractivity contribution in [3.63, 3.8) is 0 Å². The molecule has 0 atom stereocenters. The van der Waals surface area contributed by atoms with E-state index >= 15 is 0 Å². The number of aryl methyl sites for hydroxylation is 1. The maximum atomic E-state index is 12.7. The van der Waals surface area contributed by atoms with Crippen LogP contribution in [0.3, 0.4) is 0 Å². The summed E-state index contributed by atoms with van der Waals surface area (Å²) in [6.45, 7) is 9.13. The summed E-state index contributed by atoms with van der Waals surface area (Å²) >= 11 is 0. The van der Waals surface area contributed by atoms with Crippen molar-refractivity contribution in [3.8, 4) is 11.3 Å². The van der Waals surface area contributed by atoms with Crippen LogP contribution in [0.5, 0.6) is 0 Å². The molecule has 6 heteroatoms. The summed E-state index contributed by atoms with van der Waals surface area (Å²) in [7, 11) is -1.32. The fraction of sp³-hybridized carbons (Fsp3) is 0.133. The van der Waals surface area contributed by atoms with E-state index in [2.05, 4.69) is 76.5 Å². The van der Waals surface area contributed by atoms with Crippen molar-refractivity contribution in [3.05, 3.63) is 109 Å². The Bertz CT molecular complexity index is 1650. The van der Waals surface area contributed by atoms with Crippen molar-refractivity contribution in [1.29, 1.82) is 0 Å². The summed E-state index contributed by atoms with van der Waals surface area (Å²) in [4.78, 5) is 8.73. The van der Waals surface area contributed by atoms with Crippen molar-refractivity contribution in [2.75, 3.05) is 0 Å². The molecule has 1 radical (unpaired) electrons. The van der Waals surface area contributed by atoms with Gasteiger partial charge >= 0.3 is 0 Å². The predicted molar refractivity (Wildman–Crippen MR) is 145 cm³/mol. The van der Waals surface area contributed by atoms with Gasteiger partial charge in [-0.1, -0.05) is 54.0 Å². The van der Waals surface area contributed by atoms with Gasteiger partial charge in [0.15, 0.2) is 0 Å². The Morgan fingerprint density at radius 3 is 2.44 bits per heavy atom. The summed E-state index contributed by atoms with van der Waals surface area (Å²) in [6.07, 6.45) is 5.62. The van der Waals surface area contributed by atoms with Gasteiger partial charge in [-0.2, -0.15) is 0 Å². The van der Waals surface area contributed by atoms with Crippen molar-refractivity contribution in [2.45, 2.75) is 26.6 Å². The Kier molecular flexibility index (Phi) is 7.50. The van der Waals surface area contributed by atoms with Gasteiger partial charge in [-0.15, -0.1) is 59.5 Å². The molecule has 0 aliphatic carbocycles. The zero-order chi connectivity index (χ0) is 24.6. The van der Waals surface area contributed by atoms with Crippen molar-refractivity contribution >= 4 is 40.6 Å². The fourth-order valence-electron chi connectivity index (χ4n) is 4.28. The van der Waals surface area contributed by atoms with E-state index in [0.717, 1.165) is 27.9 Å². The van der Waals surface area contributed by atoms with E-state index in [9.17, 15) is 4.39 Å². The third kappa shape index (κ3) is 5.03. The second-order valence-corrected chi connectivity index (χ2v) is 14.7. The molecule has 0 fully saturated rings. The maximum absolute atomic E-state index is 12.7. The number of imidazole rings is 1. The topological polar surface area (TPSA) is 30.2 Å². The normalized spacial score (nSPS) is 11.2. The Morgan fingerprint density at radius 2 is 1.72 bits per heavy atom. The first kappa shape index (κ1) is 25.9. The van der Waals surface area contributed by atoms with E-state index in [1.54, 1.807) is 12.3 Å². The van der Waals surface area contributed by atoms with Crippen molar-refractivity contribution in [2.24, 2.45) is 0 Å². The predicted octanol–water partition coefficient (Wildman–Crippen LogP) is 6.98. The van der Waals surface area contributed by atoms with Crippen LogP contribution in [0, 0.1) is 24.9 Å². The molecule has 0 spiro atoms. The van der Waals surface area contributed by atoms with Gasteiger partial charge in [-0.25, -0.2) is 0 Å². The largest absolute Gasteiger partial charge is 0.340 e. The number of hydrogen-bond donors (Lipinski definition) is 0. The molecule has 3 nitrogen and oxygen atoms in total. The number of benzene rings is 3. The first-order valence-electron chi connectivity index (χ1n) is 11.6. The van der Waals surface area contributed by atoms with E-state index in [4.69, 9.17) is 0 Å². The van der Waals surface area contributed by atoms with Gasteiger partial charge in [0.1, 0.15) is 0 Å². The second kappa shape index (κ2) is 10.4. The van der Waals surface area contributed by atoms with Crippen LogP contribution >= 0.6 is 0 Å². The van der Waals surface area contributed by atoms with Gasteiger partial charge < -0.3 is 9.38 Å². The van der Waals surface area contributed by atoms with E-state index in [1.807, 2.05) is 37.5 Å². The monoisotopic (exact) mass is 668 g/mol. The molecule has 0 unspecified atom stereocenters. The van der Waals surface area contributed by atoms with Crippen LogP contribution < -0.4 is 5.19 Å². The van der Waals surface area contributed by atoms with Crippen LogP contribution in [0.1, 0.15) is 5.56 Å². The maximum Gasteiger partial charge on any atom is 0.0775 e. The number of halogens is 1. The van der Waals surface area contributed by atoms with Crippen LogP contribution in [0.4, 0.5) is 4.39 Å². The molecule has 0 aliphatic rings. The van der Waals surface area contributed by atoms with E-state index in [0.29, 0.717) is 0 Å². The number of aromatic nitrogens is 3. The minimum absolute atomic E-state index is 0. The van der Waals surface area contributed by atoms with Crippen LogP contribution in [0.15, 0.2) is 85.3 Å². The van der Waals surface area contributed by atoms with Gasteiger partial charge in [0.05, 0.1) is 13.7 Å². The Morgan fingerprint density at radius 1 is 0.889 bits per heavy atom. The summed E-state index contributed by atoms with van der Waals surface area (Å²) in [5, 5.41) is 5.13. The first-order chi connectivity index (χ1) is 16.8. The Hall–Kier alpha value is -3.18. The number of fused-ring (bicyclic) bond motifs is 6. The van der Waals surface area contributed by atoms with Gasteiger partial charge in [0.2, 0.25) is 0 Å². The third-order valence-corrected chi connectivity index (χ3v) is 8.22. The molecule has 183 valence electrons. The van der Waals surface area contributed by atoms with Crippen LogP contribution in [0.2, 0.25) is 19.6 Å². The zero-order valence-corrected chi connectivity index (χ0v) is 24.0. The summed E-state index contributed by atoms with van der Waals surface area (Å²) in [5.41, 5.74) is 4.95. The molecule has 3 heterocycles. The minimum atomic E-state index is -1.32. The zero-order valence-electron chi connectivity index (χ0n) is 20.6. The standard InChI is InChI=1S/C18H17N2Si.C12H9FN.Ir/c1-21(2,3)13-8-9-17-16(12-13)14-6-4-5-7-15(14)18-19-10-11-20(17)18;1-9-3-2-8-14-12(9)10-4-6-11(13)7-5-10;/h4-6,8-12H,1-3H3;2-4,6-8H,1H3;/q2*-1;. The molecule has 0 amide bonds. The average Bonchev–Trinajstić information content (AvgIpc) is 3.35. The molecular formula is C30H26FIrN3Si-2. The molecule has 6 aromatic rings. The Labute approximate surface area is 225 Å². The smallest absolute Gasteiger partial charge is 0.0775 e. The first-order valence-corrected chi connectivity index (χ1v) is 15.1. The molecule has 3 aromatic carbocycles. The molecule has 0 saturated heterocycles. The minimum Gasteiger partial charge on any atom is -0.340 e. The molecular weight excluding hydrogens is 642 g/mol. The number of nitrogens with zero attached hydrogens (tertiary/aromatic N) is 3. The van der Waals surface area contributed by atoms with Gasteiger partial charge in [-0.05, 0) is 30.1 Å². The number of hydrogen-bond acceptors (Lipinski definition) is 2. The van der Waals surface area contributed by atoms with E-state index < -0.39 is 8.07 Å². The quantitative estimate of drug-likeness (QED) is 0.113. The van der Waals surface area contributed by atoms with Gasteiger partial charge in [-0.3, -0.25) is 9.37 Å². The molecule has 0 aliphatic heterocycles. The van der Waals surface area contributed by atoms with E-state index in [1.165, 1.54) is 33.6 Å². The second-order valence-electron chi connectivity index (χ2n) is 9.65. The molecule has 3 aromatic heterocycles. The molecule has 0 saturated carbocycles. The van der Waals surface area contributed by atoms with Crippen LogP contribution in [0.25, 0.3) is 38.6 Å². The van der Waals surface area contributed by atoms with Crippen LogP contribution in [-0.4, -0.2) is 22.4 Å². The summed E-state index contributed by atoms with van der Waals surface area (Å²) in [5.74, 6) is -0.276. The van der Waals surface area contributed by atoms with Crippen molar-refractivity contribution < 1.29 is 24.5 Å². The number of rotatable bonds is 2. The van der Waals surface area contributed by atoms with Crippen LogP contribution in [-0.2, 0) is 20.1 Å². The molecule has 0 N–H and O–H groups in total. The summed E-state index contributed by atoms with van der Waals surface area (Å²) < 4.78 is 14.8. The molecule has 36 heavy (non-hydrogen) atoms. The molecule has 6 rings (SSSR count). The van der Waals surface area contributed by atoms with E-state index in [-0.39, 0.29) is 25.9 Å². The summed E-state index contributed by atoms with van der Waals surface area (Å²) in [6, 6.07) is 27.6. The average molecular weight is 668 g/mol. The third-order valence-electron chi connectivity index (χ3n) is 6.17. The SMILES string of the molecule is C[Si](C)(C)c1ccc2c(c1)c1ccc[c-]c1c1nccn21.Cc1cccnc1-c1[c-]cc(F)cc1.[Ir].